The summed E-state index contributed by atoms with van der Waals surface area (Å²) in [5, 5.41) is 26.3. The van der Waals surface area contributed by atoms with Gasteiger partial charge in [0.15, 0.2) is 0 Å². The molecule has 0 aliphatic carbocycles. The van der Waals surface area contributed by atoms with Crippen molar-refractivity contribution < 1.29 is 28.5 Å². The normalized spacial score (nSPS) is 12.7. The third-order valence-electron chi connectivity index (χ3n) is 13.0. The fourth-order valence-electron chi connectivity index (χ4n) is 8.46. The molecule has 0 N–H and O–H groups in total. The van der Waals surface area contributed by atoms with E-state index < -0.39 is 10.8 Å². The Bertz CT molecular complexity index is 2230. The Morgan fingerprint density at radius 1 is 0.493 bits per heavy atom. The number of azo groups is 3. The van der Waals surface area contributed by atoms with E-state index in [1.807, 2.05) is 94.4 Å². The summed E-state index contributed by atoms with van der Waals surface area (Å²) in [6, 6.07) is 27.9. The Kier molecular flexibility index (Phi) is 26.0. The summed E-state index contributed by atoms with van der Waals surface area (Å²) >= 11 is 0. The molecule has 0 saturated carbocycles. The lowest BCUT2D eigenvalue weighted by Crippen LogP contribution is -2.39. The van der Waals surface area contributed by atoms with Crippen LogP contribution in [0.2, 0.25) is 0 Å². The van der Waals surface area contributed by atoms with Crippen LogP contribution in [-0.4, -0.2) is 52.5 Å². The van der Waals surface area contributed by atoms with Crippen molar-refractivity contribution in [2.75, 3.05) is 45.4 Å². The van der Waals surface area contributed by atoms with E-state index in [4.69, 9.17) is 18.9 Å². The number of esters is 2. The molecule has 4 aromatic rings. The smallest absolute Gasteiger partial charge is 0.311 e. The number of unbranched alkanes of at least 4 members (excludes halogenated alkanes) is 15. The molecule has 0 aromatic heterocycles. The zero-order chi connectivity index (χ0) is 51.2. The van der Waals surface area contributed by atoms with Crippen molar-refractivity contribution in [2.24, 2.45) is 41.5 Å². The van der Waals surface area contributed by atoms with Gasteiger partial charge in [-0.3, -0.25) is 9.59 Å². The van der Waals surface area contributed by atoms with Crippen LogP contribution in [0.1, 0.15) is 157 Å². The van der Waals surface area contributed by atoms with Crippen molar-refractivity contribution >= 4 is 51.8 Å². The van der Waals surface area contributed by atoms with Crippen molar-refractivity contribution in [1.29, 1.82) is 0 Å². The molecule has 386 valence electrons. The van der Waals surface area contributed by atoms with Gasteiger partial charge in [0.05, 0.1) is 61.0 Å². The molecule has 0 radical (unpaired) electrons. The standard InChI is InChI=1S/C58H83N7O6/c1-9-12-13-14-15-16-17-18-19-20-21-22-23-24-25-29-41-70-56(67)58(6,10-2)45-57(4,5)55(66)71-42-40-65(11-3)50-38-36-49(37-39-50)60-59-47-32-34-48(35-33-47)62-64-52-44-53(68-7)51(43-54(52)69-8)63-61-46-30-27-26-28-31-46/h26-28,30-39,43-44H,9-25,29,40-42,45H2,1-8H3. The Morgan fingerprint density at radius 2 is 0.901 bits per heavy atom. The quantitative estimate of drug-likeness (QED) is 0.0253. The number of carbonyl (C=O) groups is 2. The lowest BCUT2D eigenvalue weighted by atomic mass is 9.72. The summed E-state index contributed by atoms with van der Waals surface area (Å²) in [4.78, 5) is 28.9. The van der Waals surface area contributed by atoms with E-state index in [2.05, 4.69) is 49.4 Å². The highest BCUT2D eigenvalue weighted by molar-refractivity contribution is 5.80. The number of ether oxygens (including phenoxy) is 4. The fourth-order valence-corrected chi connectivity index (χ4v) is 8.46. The maximum atomic E-state index is 13.4. The van der Waals surface area contributed by atoms with Crippen molar-refractivity contribution in [3.8, 4) is 11.5 Å². The van der Waals surface area contributed by atoms with Gasteiger partial charge in [-0.25, -0.2) is 0 Å². The van der Waals surface area contributed by atoms with Crippen LogP contribution in [0, 0.1) is 10.8 Å². The summed E-state index contributed by atoms with van der Waals surface area (Å²) in [6.45, 7) is 13.8. The minimum Gasteiger partial charge on any atom is -0.494 e. The number of methoxy groups -OCH3 is 2. The topological polar surface area (TPSA) is 148 Å². The molecule has 0 aliphatic rings. The minimum absolute atomic E-state index is 0.218. The van der Waals surface area contributed by atoms with Crippen molar-refractivity contribution in [2.45, 2.75) is 157 Å². The number of anilines is 1. The lowest BCUT2D eigenvalue weighted by Gasteiger charge is -2.34. The van der Waals surface area contributed by atoms with Crippen LogP contribution in [0.4, 0.5) is 39.8 Å². The molecule has 0 aliphatic heterocycles. The number of nitrogens with zero attached hydrogens (tertiary/aromatic N) is 7. The predicted molar refractivity (Wildman–Crippen MR) is 288 cm³/mol. The average molecular weight is 974 g/mol. The van der Waals surface area contributed by atoms with Crippen LogP contribution in [0.5, 0.6) is 11.5 Å². The second-order valence-corrected chi connectivity index (χ2v) is 19.3. The van der Waals surface area contributed by atoms with Gasteiger partial charge in [-0.15, -0.1) is 10.2 Å². The van der Waals surface area contributed by atoms with E-state index >= 15 is 0 Å². The van der Waals surface area contributed by atoms with Crippen LogP contribution in [0.3, 0.4) is 0 Å². The highest BCUT2D eigenvalue weighted by atomic mass is 16.5. The number of likely N-dealkylation sites (N-methyl/N-ethyl adjacent to an activating group) is 1. The average Bonchev–Trinajstić information content (AvgIpc) is 3.39. The molecular formula is C58H83N7O6. The molecule has 4 aromatic carbocycles. The zero-order valence-electron chi connectivity index (χ0n) is 44.3. The lowest BCUT2D eigenvalue weighted by molar-refractivity contribution is -0.163. The zero-order valence-corrected chi connectivity index (χ0v) is 44.3. The number of benzene rings is 4. The first-order valence-corrected chi connectivity index (χ1v) is 26.3. The van der Waals surface area contributed by atoms with E-state index in [1.54, 1.807) is 38.5 Å². The molecule has 1 unspecified atom stereocenters. The molecular weight excluding hydrogens is 891 g/mol. The summed E-state index contributed by atoms with van der Waals surface area (Å²) in [5.41, 5.74) is 2.99. The van der Waals surface area contributed by atoms with Crippen molar-refractivity contribution in [1.82, 2.24) is 0 Å². The van der Waals surface area contributed by atoms with Gasteiger partial charge in [-0.05, 0) is 108 Å². The van der Waals surface area contributed by atoms with Crippen LogP contribution in [0.25, 0.3) is 0 Å². The highest BCUT2D eigenvalue weighted by Gasteiger charge is 2.43. The van der Waals surface area contributed by atoms with Gasteiger partial charge in [0.2, 0.25) is 0 Å². The maximum absolute atomic E-state index is 13.4. The molecule has 1 atom stereocenters. The van der Waals surface area contributed by atoms with Crippen LogP contribution in [0.15, 0.2) is 122 Å². The molecule has 0 saturated heterocycles. The second-order valence-electron chi connectivity index (χ2n) is 19.3. The monoisotopic (exact) mass is 974 g/mol. The fraction of sp³-hybridized carbons (Fsp3) is 0.552. The largest absolute Gasteiger partial charge is 0.494 e. The molecule has 0 fully saturated rings. The first-order chi connectivity index (χ1) is 34.4. The third kappa shape index (κ3) is 20.7. The van der Waals surface area contributed by atoms with Crippen LogP contribution < -0.4 is 14.4 Å². The maximum Gasteiger partial charge on any atom is 0.311 e. The van der Waals surface area contributed by atoms with Crippen molar-refractivity contribution in [3.05, 3.63) is 91.0 Å². The second kappa shape index (κ2) is 32.1. The molecule has 4 rings (SSSR count). The molecule has 0 spiro atoms. The van der Waals surface area contributed by atoms with Gasteiger partial charge in [0, 0.05) is 24.4 Å². The molecule has 13 heteroatoms. The Labute approximate surface area is 425 Å². The third-order valence-corrected chi connectivity index (χ3v) is 13.0. The summed E-state index contributed by atoms with van der Waals surface area (Å²) in [6.07, 6.45) is 21.7. The van der Waals surface area contributed by atoms with Gasteiger partial charge < -0.3 is 23.8 Å². The summed E-state index contributed by atoms with van der Waals surface area (Å²) in [5.74, 6) is 0.401. The molecule has 0 bridgehead atoms. The Hall–Kier alpha value is -5.98. The number of hydrogen-bond acceptors (Lipinski definition) is 13. The van der Waals surface area contributed by atoms with E-state index in [-0.39, 0.29) is 18.5 Å². The van der Waals surface area contributed by atoms with Crippen LogP contribution >= 0.6 is 0 Å². The minimum atomic E-state index is -0.862. The number of rotatable bonds is 35. The number of hydrogen-bond donors (Lipinski definition) is 0. The molecule has 71 heavy (non-hydrogen) atoms. The SMILES string of the molecule is CCCCCCCCCCCCCCCCCCOC(=O)C(C)(CC)CC(C)(C)C(=O)OCCN(CC)c1ccc(N=Nc2ccc(N=Nc3cc(OC)c(N=Nc4ccccc4)cc3OC)cc2)cc1. The van der Waals surface area contributed by atoms with Crippen LogP contribution in [-0.2, 0) is 19.1 Å². The summed E-state index contributed by atoms with van der Waals surface area (Å²) in [7, 11) is 3.11. The highest BCUT2D eigenvalue weighted by Crippen LogP contribution is 2.42. The summed E-state index contributed by atoms with van der Waals surface area (Å²) < 4.78 is 22.7. The first kappa shape index (κ1) is 57.6. The molecule has 13 nitrogen and oxygen atoms in total. The van der Waals surface area contributed by atoms with Gasteiger partial charge in [0.1, 0.15) is 29.5 Å². The Balaban J connectivity index is 1.15. The molecule has 0 amide bonds. The van der Waals surface area contributed by atoms with E-state index in [0.29, 0.717) is 65.9 Å². The van der Waals surface area contributed by atoms with Gasteiger partial charge in [-0.1, -0.05) is 128 Å². The van der Waals surface area contributed by atoms with E-state index in [9.17, 15) is 9.59 Å². The van der Waals surface area contributed by atoms with Gasteiger partial charge in [-0.2, -0.15) is 20.5 Å². The van der Waals surface area contributed by atoms with Gasteiger partial charge >= 0.3 is 11.9 Å². The van der Waals surface area contributed by atoms with Gasteiger partial charge in [0.25, 0.3) is 0 Å². The van der Waals surface area contributed by atoms with E-state index in [0.717, 1.165) is 30.8 Å². The number of carbonyl (C=O) groups excluding carboxylic acids is 2. The van der Waals surface area contributed by atoms with E-state index in [1.165, 1.54) is 89.9 Å². The predicted octanol–water partition coefficient (Wildman–Crippen LogP) is 18.0. The molecule has 0 heterocycles. The van der Waals surface area contributed by atoms with Crippen molar-refractivity contribution in [3.63, 3.8) is 0 Å². The Morgan fingerprint density at radius 3 is 1.34 bits per heavy atom. The first-order valence-electron chi connectivity index (χ1n) is 26.3.